The maximum absolute atomic E-state index is 11.6. The van der Waals surface area contributed by atoms with Gasteiger partial charge in [0.1, 0.15) is 0 Å². The fourth-order valence-corrected chi connectivity index (χ4v) is 3.23. The van der Waals surface area contributed by atoms with E-state index in [1.54, 1.807) is 0 Å². The lowest BCUT2D eigenvalue weighted by atomic mass is 9.99. The van der Waals surface area contributed by atoms with Crippen molar-refractivity contribution in [1.82, 2.24) is 4.72 Å². The molecule has 0 aromatic heterocycles. The summed E-state index contributed by atoms with van der Waals surface area (Å²) in [5.74, 6) is 0. The minimum absolute atomic E-state index is 0.206. The molecule has 0 rings (SSSR count). The quantitative estimate of drug-likeness (QED) is 0.705. The molecule has 0 saturated heterocycles. The van der Waals surface area contributed by atoms with Crippen LogP contribution in [0, 0.1) is 0 Å². The summed E-state index contributed by atoms with van der Waals surface area (Å²) in [6.45, 7) is 5.39. The first kappa shape index (κ1) is 15.8. The highest BCUT2D eigenvalue weighted by Gasteiger charge is 2.44. The van der Waals surface area contributed by atoms with E-state index in [2.05, 4.69) is 4.72 Å². The van der Waals surface area contributed by atoms with E-state index in [4.69, 9.17) is 4.55 Å². The van der Waals surface area contributed by atoms with Crippen LogP contribution >= 0.6 is 0 Å². The zero-order chi connectivity index (χ0) is 13.4. The van der Waals surface area contributed by atoms with Gasteiger partial charge in [0, 0.05) is 0 Å². The van der Waals surface area contributed by atoms with Crippen LogP contribution in [0.15, 0.2) is 0 Å². The van der Waals surface area contributed by atoms with Gasteiger partial charge in [-0.25, -0.2) is 13.1 Å². The normalized spacial score (nSPS) is 15.1. The molecule has 0 amide bonds. The SMILES string of the molecule is CNS(=O)(=O)C(C)(C)CC(C)(C)S(=O)(=O)O. The zero-order valence-electron chi connectivity index (χ0n) is 10.1. The molecular weight excluding hydrogens is 254 g/mol. The Morgan fingerprint density at radius 3 is 1.62 bits per heavy atom. The first-order valence-corrected chi connectivity index (χ1v) is 7.59. The van der Waals surface area contributed by atoms with Gasteiger partial charge in [-0.05, 0) is 41.2 Å². The topological polar surface area (TPSA) is 101 Å². The first-order valence-electron chi connectivity index (χ1n) is 4.67. The Morgan fingerprint density at radius 1 is 1.00 bits per heavy atom. The molecule has 6 nitrogen and oxygen atoms in total. The Kier molecular flexibility index (Phi) is 4.20. The third-order valence-corrected chi connectivity index (χ3v) is 6.22. The summed E-state index contributed by atoms with van der Waals surface area (Å²) in [6.07, 6.45) is -0.206. The second-order valence-corrected chi connectivity index (χ2v) is 9.45. The summed E-state index contributed by atoms with van der Waals surface area (Å²) in [5, 5.41) is 0. The van der Waals surface area contributed by atoms with Crippen LogP contribution in [-0.2, 0) is 20.1 Å². The Hall–Kier alpha value is -0.180. The molecule has 0 heterocycles. The number of nitrogens with one attached hydrogen (secondary N) is 1. The van der Waals surface area contributed by atoms with Crippen LogP contribution in [0.5, 0.6) is 0 Å². The molecule has 0 aliphatic heterocycles. The van der Waals surface area contributed by atoms with Gasteiger partial charge in [-0.2, -0.15) is 8.42 Å². The number of rotatable bonds is 5. The van der Waals surface area contributed by atoms with Crippen molar-refractivity contribution >= 4 is 20.1 Å². The number of sulfonamides is 1. The smallest absolute Gasteiger partial charge is 0.270 e. The van der Waals surface area contributed by atoms with E-state index in [-0.39, 0.29) is 6.42 Å². The molecule has 0 aliphatic carbocycles. The van der Waals surface area contributed by atoms with Crippen molar-refractivity contribution in [3.05, 3.63) is 0 Å². The van der Waals surface area contributed by atoms with Crippen LogP contribution < -0.4 is 4.72 Å². The van der Waals surface area contributed by atoms with Crippen molar-refractivity contribution in [2.75, 3.05) is 7.05 Å². The maximum atomic E-state index is 11.6. The second-order valence-electron chi connectivity index (χ2n) is 4.88. The predicted molar refractivity (Wildman–Crippen MR) is 62.3 cm³/mol. The molecule has 16 heavy (non-hydrogen) atoms. The van der Waals surface area contributed by atoms with Gasteiger partial charge >= 0.3 is 0 Å². The van der Waals surface area contributed by atoms with Crippen LogP contribution in [0.4, 0.5) is 0 Å². The molecular formula is C8H19NO5S2. The number of hydrogen-bond donors (Lipinski definition) is 2. The average Bonchev–Trinajstić information content (AvgIpc) is 1.99. The first-order chi connectivity index (χ1) is 6.77. The standard InChI is InChI=1S/C8H19NO5S2/c1-7(2,15(10,11)9-5)6-8(3,4)16(12,13)14/h9H,6H2,1-5H3,(H,12,13,14). The summed E-state index contributed by atoms with van der Waals surface area (Å²) >= 11 is 0. The van der Waals surface area contributed by atoms with Crippen LogP contribution in [0.3, 0.4) is 0 Å². The van der Waals surface area contributed by atoms with E-state index in [0.29, 0.717) is 0 Å². The molecule has 0 aromatic carbocycles. The van der Waals surface area contributed by atoms with Crippen molar-refractivity contribution in [3.63, 3.8) is 0 Å². The highest BCUT2D eigenvalue weighted by atomic mass is 32.2. The zero-order valence-corrected chi connectivity index (χ0v) is 11.7. The van der Waals surface area contributed by atoms with Gasteiger partial charge in [0.25, 0.3) is 10.1 Å². The highest BCUT2D eigenvalue weighted by Crippen LogP contribution is 2.31. The summed E-state index contributed by atoms with van der Waals surface area (Å²) < 4.78 is 53.8. The van der Waals surface area contributed by atoms with Crippen molar-refractivity contribution in [3.8, 4) is 0 Å². The molecule has 0 bridgehead atoms. The molecule has 0 saturated carbocycles. The van der Waals surface area contributed by atoms with Gasteiger partial charge in [0.2, 0.25) is 10.0 Å². The summed E-state index contributed by atoms with van der Waals surface area (Å²) in [7, 11) is -6.65. The molecule has 0 fully saturated rings. The fourth-order valence-electron chi connectivity index (χ4n) is 1.49. The van der Waals surface area contributed by atoms with E-state index >= 15 is 0 Å². The van der Waals surface area contributed by atoms with Gasteiger partial charge in [-0.1, -0.05) is 0 Å². The van der Waals surface area contributed by atoms with Crippen LogP contribution in [0.25, 0.3) is 0 Å². The Labute approximate surface area is 97.2 Å². The third-order valence-electron chi connectivity index (χ3n) is 2.55. The summed E-state index contributed by atoms with van der Waals surface area (Å²) in [6, 6.07) is 0. The fraction of sp³-hybridized carbons (Fsp3) is 1.00. The van der Waals surface area contributed by atoms with Crippen molar-refractivity contribution in [2.45, 2.75) is 43.6 Å². The summed E-state index contributed by atoms with van der Waals surface area (Å²) in [5.41, 5.74) is 0. The number of hydrogen-bond acceptors (Lipinski definition) is 4. The Balaban J connectivity index is 5.31. The van der Waals surface area contributed by atoms with Crippen LogP contribution in [0.1, 0.15) is 34.1 Å². The molecule has 0 aliphatic rings. The van der Waals surface area contributed by atoms with E-state index < -0.39 is 29.6 Å². The average molecular weight is 273 g/mol. The molecule has 0 radical (unpaired) electrons. The molecule has 0 spiro atoms. The molecule has 0 atom stereocenters. The van der Waals surface area contributed by atoms with Crippen LogP contribution in [0.2, 0.25) is 0 Å². The molecule has 8 heteroatoms. The van der Waals surface area contributed by atoms with E-state index in [0.717, 1.165) is 0 Å². The molecule has 2 N–H and O–H groups in total. The lowest BCUT2D eigenvalue weighted by Gasteiger charge is -2.31. The Bertz CT molecular complexity index is 447. The van der Waals surface area contributed by atoms with Crippen molar-refractivity contribution < 1.29 is 21.4 Å². The predicted octanol–water partition coefficient (Wildman–Crippen LogP) is 0.371. The lowest BCUT2D eigenvalue weighted by molar-refractivity contribution is 0.406. The Morgan fingerprint density at radius 2 is 1.38 bits per heavy atom. The molecule has 0 unspecified atom stereocenters. The van der Waals surface area contributed by atoms with Gasteiger partial charge in [-0.15, -0.1) is 0 Å². The van der Waals surface area contributed by atoms with Gasteiger partial charge in [-0.3, -0.25) is 4.55 Å². The summed E-state index contributed by atoms with van der Waals surface area (Å²) in [4.78, 5) is 0. The van der Waals surface area contributed by atoms with Gasteiger partial charge < -0.3 is 0 Å². The largest absolute Gasteiger partial charge is 0.285 e. The lowest BCUT2D eigenvalue weighted by Crippen LogP contribution is -2.47. The van der Waals surface area contributed by atoms with E-state index in [1.165, 1.54) is 34.7 Å². The molecule has 98 valence electrons. The minimum Gasteiger partial charge on any atom is -0.285 e. The monoisotopic (exact) mass is 273 g/mol. The van der Waals surface area contributed by atoms with Crippen molar-refractivity contribution in [2.24, 2.45) is 0 Å². The van der Waals surface area contributed by atoms with Crippen molar-refractivity contribution in [1.29, 1.82) is 0 Å². The van der Waals surface area contributed by atoms with Gasteiger partial charge in [0.05, 0.1) is 9.49 Å². The third kappa shape index (κ3) is 3.16. The highest BCUT2D eigenvalue weighted by molar-refractivity contribution is 7.91. The van der Waals surface area contributed by atoms with Gasteiger partial charge in [0.15, 0.2) is 0 Å². The van der Waals surface area contributed by atoms with Crippen LogP contribution in [-0.4, -0.2) is 37.9 Å². The van der Waals surface area contributed by atoms with E-state index in [9.17, 15) is 16.8 Å². The maximum Gasteiger partial charge on any atom is 0.270 e. The minimum atomic E-state index is -4.30. The second kappa shape index (κ2) is 4.25. The van der Waals surface area contributed by atoms with E-state index in [1.807, 2.05) is 0 Å². The molecule has 0 aromatic rings.